The Morgan fingerprint density at radius 3 is 2.89 bits per heavy atom. The topological polar surface area (TPSA) is 49.2 Å². The molecule has 1 aromatic rings. The molecule has 1 fully saturated rings. The van der Waals surface area contributed by atoms with Crippen LogP contribution in [0.2, 0.25) is 5.28 Å². The van der Waals surface area contributed by atoms with Gasteiger partial charge in [-0.2, -0.15) is 0 Å². The van der Waals surface area contributed by atoms with E-state index in [1.807, 2.05) is 0 Å². The third-order valence-corrected chi connectivity index (χ3v) is 4.16. The number of aromatic nitrogens is 2. The average Bonchev–Trinajstić information content (AvgIpc) is 2.85. The summed E-state index contributed by atoms with van der Waals surface area (Å²) in [5.41, 5.74) is 2.37. The van der Waals surface area contributed by atoms with Gasteiger partial charge in [0.2, 0.25) is 5.28 Å². The maximum atomic E-state index is 9.45. The Morgan fingerprint density at radius 2 is 2.06 bits per heavy atom. The van der Waals surface area contributed by atoms with Crippen LogP contribution in [0.15, 0.2) is 0 Å². The van der Waals surface area contributed by atoms with E-state index < -0.39 is 0 Å². The molecule has 0 bridgehead atoms. The molecule has 3 rings (SSSR count). The van der Waals surface area contributed by atoms with Crippen LogP contribution in [0.5, 0.6) is 0 Å². The Labute approximate surface area is 112 Å². The molecular weight excluding hydrogens is 250 g/mol. The lowest BCUT2D eigenvalue weighted by molar-refractivity contribution is 0.266. The second-order valence-corrected chi connectivity index (χ2v) is 5.46. The van der Waals surface area contributed by atoms with Crippen molar-refractivity contribution in [2.24, 2.45) is 0 Å². The van der Waals surface area contributed by atoms with Crippen molar-refractivity contribution in [3.8, 4) is 0 Å². The van der Waals surface area contributed by atoms with Crippen LogP contribution in [0, 0.1) is 0 Å². The van der Waals surface area contributed by atoms with Crippen LogP contribution in [0.1, 0.15) is 36.9 Å². The number of hydrogen-bond acceptors (Lipinski definition) is 4. The first-order valence-corrected chi connectivity index (χ1v) is 7.10. The fraction of sp³-hybridized carbons (Fsp3) is 0.692. The zero-order valence-corrected chi connectivity index (χ0v) is 11.2. The number of rotatable bonds is 2. The van der Waals surface area contributed by atoms with Gasteiger partial charge < -0.3 is 10.0 Å². The molecule has 2 heterocycles. The number of halogens is 1. The lowest BCUT2D eigenvalue weighted by atomic mass is 9.96. The van der Waals surface area contributed by atoms with E-state index in [-0.39, 0.29) is 12.6 Å². The van der Waals surface area contributed by atoms with E-state index in [9.17, 15) is 5.11 Å². The molecule has 2 aliphatic rings. The van der Waals surface area contributed by atoms with Gasteiger partial charge >= 0.3 is 0 Å². The summed E-state index contributed by atoms with van der Waals surface area (Å²) in [6.07, 6.45) is 6.57. The summed E-state index contributed by atoms with van der Waals surface area (Å²) in [5, 5.41) is 9.79. The molecule has 0 spiro atoms. The molecule has 0 aromatic carbocycles. The third kappa shape index (κ3) is 2.08. The first-order valence-electron chi connectivity index (χ1n) is 6.72. The third-order valence-electron chi connectivity index (χ3n) is 3.99. The first-order chi connectivity index (χ1) is 8.79. The van der Waals surface area contributed by atoms with Crippen LogP contribution in [0.3, 0.4) is 0 Å². The Bertz CT molecular complexity index is 452. The van der Waals surface area contributed by atoms with Gasteiger partial charge in [-0.3, -0.25) is 0 Å². The zero-order chi connectivity index (χ0) is 12.5. The summed E-state index contributed by atoms with van der Waals surface area (Å²) in [5.74, 6) is 0.973. The standard InChI is InChI=1S/C13H18ClN3O/c14-13-15-11-6-2-1-5-10(11)12(16-13)17-7-3-4-9(17)8-18/h9,18H,1-8H2/t9-/m0/s1. The Morgan fingerprint density at radius 1 is 1.22 bits per heavy atom. The molecule has 4 nitrogen and oxygen atoms in total. The van der Waals surface area contributed by atoms with Crippen LogP contribution in [0.25, 0.3) is 0 Å². The minimum absolute atomic E-state index is 0.191. The molecule has 1 aromatic heterocycles. The van der Waals surface area contributed by atoms with Crippen molar-refractivity contribution in [2.45, 2.75) is 44.6 Å². The number of fused-ring (bicyclic) bond motifs is 1. The Kier molecular flexibility index (Phi) is 3.39. The van der Waals surface area contributed by atoms with E-state index in [2.05, 4.69) is 14.9 Å². The molecule has 1 atom stereocenters. The van der Waals surface area contributed by atoms with E-state index in [0.717, 1.165) is 43.7 Å². The molecule has 1 aliphatic carbocycles. The van der Waals surface area contributed by atoms with Gasteiger partial charge in [-0.05, 0) is 50.1 Å². The molecule has 0 unspecified atom stereocenters. The van der Waals surface area contributed by atoms with Crippen molar-refractivity contribution in [2.75, 3.05) is 18.1 Å². The molecule has 18 heavy (non-hydrogen) atoms. The number of nitrogens with zero attached hydrogens (tertiary/aromatic N) is 3. The van der Waals surface area contributed by atoms with E-state index in [0.29, 0.717) is 5.28 Å². The molecule has 1 N–H and O–H groups in total. The molecular formula is C13H18ClN3O. The van der Waals surface area contributed by atoms with Crippen molar-refractivity contribution in [3.63, 3.8) is 0 Å². The minimum Gasteiger partial charge on any atom is -0.394 e. The Balaban J connectivity index is 2.02. The van der Waals surface area contributed by atoms with Gasteiger partial charge in [0.05, 0.1) is 18.3 Å². The summed E-state index contributed by atoms with van der Waals surface area (Å²) in [7, 11) is 0. The van der Waals surface area contributed by atoms with Crippen LogP contribution >= 0.6 is 11.6 Å². The number of hydrogen-bond donors (Lipinski definition) is 1. The summed E-state index contributed by atoms with van der Waals surface area (Å²) in [6.45, 7) is 1.15. The largest absolute Gasteiger partial charge is 0.394 e. The smallest absolute Gasteiger partial charge is 0.224 e. The van der Waals surface area contributed by atoms with Crippen molar-refractivity contribution in [3.05, 3.63) is 16.5 Å². The maximum Gasteiger partial charge on any atom is 0.224 e. The molecule has 0 amide bonds. The molecule has 0 saturated carbocycles. The van der Waals surface area contributed by atoms with Gasteiger partial charge in [0.1, 0.15) is 5.82 Å². The van der Waals surface area contributed by atoms with E-state index in [4.69, 9.17) is 11.6 Å². The molecule has 5 heteroatoms. The molecule has 98 valence electrons. The summed E-state index contributed by atoms with van der Waals surface area (Å²) < 4.78 is 0. The SMILES string of the molecule is OC[C@@H]1CCCN1c1nc(Cl)nc2c1CCCC2. The normalized spacial score (nSPS) is 23.2. The van der Waals surface area contributed by atoms with E-state index in [1.165, 1.54) is 18.4 Å². The van der Waals surface area contributed by atoms with Gasteiger partial charge in [-0.25, -0.2) is 9.97 Å². The van der Waals surface area contributed by atoms with Gasteiger partial charge in [0.25, 0.3) is 0 Å². The van der Waals surface area contributed by atoms with E-state index >= 15 is 0 Å². The van der Waals surface area contributed by atoms with Crippen molar-refractivity contribution in [1.82, 2.24) is 9.97 Å². The quantitative estimate of drug-likeness (QED) is 0.833. The second-order valence-electron chi connectivity index (χ2n) is 5.12. The van der Waals surface area contributed by atoms with Gasteiger partial charge in [0.15, 0.2) is 0 Å². The van der Waals surface area contributed by atoms with Crippen LogP contribution in [-0.2, 0) is 12.8 Å². The van der Waals surface area contributed by atoms with Gasteiger partial charge in [0, 0.05) is 12.1 Å². The Hall–Kier alpha value is -0.870. The predicted octanol–water partition coefficient (Wildman–Crippen LogP) is 1.97. The van der Waals surface area contributed by atoms with Crippen molar-refractivity contribution < 1.29 is 5.11 Å². The van der Waals surface area contributed by atoms with Crippen LogP contribution in [0.4, 0.5) is 5.82 Å². The summed E-state index contributed by atoms with van der Waals surface area (Å²) in [4.78, 5) is 11.0. The number of aliphatic hydroxyl groups is 1. The lowest BCUT2D eigenvalue weighted by Gasteiger charge is -2.28. The highest BCUT2D eigenvalue weighted by Crippen LogP contribution is 2.32. The van der Waals surface area contributed by atoms with Crippen LogP contribution < -0.4 is 4.90 Å². The van der Waals surface area contributed by atoms with Crippen molar-refractivity contribution in [1.29, 1.82) is 0 Å². The summed E-state index contributed by atoms with van der Waals surface area (Å²) in [6, 6.07) is 0.196. The highest BCUT2D eigenvalue weighted by molar-refractivity contribution is 6.28. The lowest BCUT2D eigenvalue weighted by Crippen LogP contribution is -2.34. The monoisotopic (exact) mass is 267 g/mol. The highest BCUT2D eigenvalue weighted by Gasteiger charge is 2.29. The van der Waals surface area contributed by atoms with Gasteiger partial charge in [-0.15, -0.1) is 0 Å². The average molecular weight is 268 g/mol. The number of aliphatic hydroxyl groups excluding tert-OH is 1. The van der Waals surface area contributed by atoms with Crippen molar-refractivity contribution >= 4 is 17.4 Å². The number of anilines is 1. The zero-order valence-electron chi connectivity index (χ0n) is 10.4. The number of aryl methyl sites for hydroxylation is 1. The molecule has 1 aliphatic heterocycles. The second kappa shape index (κ2) is 5.02. The maximum absolute atomic E-state index is 9.45. The fourth-order valence-corrected chi connectivity index (χ4v) is 3.27. The summed E-state index contributed by atoms with van der Waals surface area (Å²) >= 11 is 6.04. The van der Waals surface area contributed by atoms with E-state index in [1.54, 1.807) is 0 Å². The first kappa shape index (κ1) is 12.2. The molecule has 0 radical (unpaired) electrons. The fourth-order valence-electron chi connectivity index (χ4n) is 3.09. The van der Waals surface area contributed by atoms with Gasteiger partial charge in [-0.1, -0.05) is 0 Å². The highest BCUT2D eigenvalue weighted by atomic mass is 35.5. The predicted molar refractivity (Wildman–Crippen MR) is 71.1 cm³/mol. The minimum atomic E-state index is 0.191. The molecule has 1 saturated heterocycles. The van der Waals surface area contributed by atoms with Crippen LogP contribution in [-0.4, -0.2) is 34.3 Å².